The molecule has 0 amide bonds. The van der Waals surface area contributed by atoms with E-state index in [1.807, 2.05) is 0 Å². The average molecular weight is 1340 g/mol. The van der Waals surface area contributed by atoms with Gasteiger partial charge in [-0.2, -0.15) is 0 Å². The van der Waals surface area contributed by atoms with Gasteiger partial charge in [-0.3, -0.25) is 37.3 Å². The highest BCUT2D eigenvalue weighted by Gasteiger charge is 2.30. The van der Waals surface area contributed by atoms with Crippen LogP contribution < -0.4 is 0 Å². The Morgan fingerprint density at radius 1 is 0.297 bits per heavy atom. The molecule has 17 nitrogen and oxygen atoms in total. The highest BCUT2D eigenvalue weighted by atomic mass is 31.2. The number of esters is 4. The summed E-state index contributed by atoms with van der Waals surface area (Å²) in [6.45, 7) is 7.25. The molecular weight excluding hydrogens is 1200 g/mol. The van der Waals surface area contributed by atoms with Crippen LogP contribution in [0.25, 0.3) is 0 Å². The SMILES string of the molecule is CCCCCCCCCCCCCCCCCC(=O)OC[C@H](COP(=O)(O)OC[C@@H](O)COP(=O)(O)OC[C@@H](COC(=O)CCCCCCCCC)OC(=O)CCCCCCCCCCCCCC)OC(=O)CCCCCCCCCCCCCCCCC(C)C. The zero-order valence-corrected chi connectivity index (χ0v) is 60.8. The second-order valence-corrected chi connectivity index (χ2v) is 29.4. The van der Waals surface area contributed by atoms with Crippen LogP contribution in [0.15, 0.2) is 0 Å². The van der Waals surface area contributed by atoms with Crippen LogP contribution in [0.3, 0.4) is 0 Å². The lowest BCUT2D eigenvalue weighted by Gasteiger charge is -2.21. The summed E-state index contributed by atoms with van der Waals surface area (Å²) in [5, 5.41) is 10.6. The van der Waals surface area contributed by atoms with Gasteiger partial charge in [0.25, 0.3) is 0 Å². The first-order valence-electron chi connectivity index (χ1n) is 37.6. The van der Waals surface area contributed by atoms with E-state index in [0.717, 1.165) is 109 Å². The fourth-order valence-corrected chi connectivity index (χ4v) is 12.6. The quantitative estimate of drug-likeness (QED) is 0.0222. The van der Waals surface area contributed by atoms with E-state index in [1.54, 1.807) is 0 Å². The molecule has 91 heavy (non-hydrogen) atoms. The van der Waals surface area contributed by atoms with E-state index in [2.05, 4.69) is 34.6 Å². The number of hydrogen-bond acceptors (Lipinski definition) is 15. The van der Waals surface area contributed by atoms with Crippen molar-refractivity contribution in [2.75, 3.05) is 39.6 Å². The number of hydrogen-bond donors (Lipinski definition) is 3. The minimum absolute atomic E-state index is 0.107. The lowest BCUT2D eigenvalue weighted by Crippen LogP contribution is -2.30. The lowest BCUT2D eigenvalue weighted by atomic mass is 10.0. The summed E-state index contributed by atoms with van der Waals surface area (Å²) < 4.78 is 68.3. The average Bonchev–Trinajstić information content (AvgIpc) is 3.49. The molecule has 2 unspecified atom stereocenters. The van der Waals surface area contributed by atoms with Crippen molar-refractivity contribution in [1.29, 1.82) is 0 Å². The van der Waals surface area contributed by atoms with Crippen molar-refractivity contribution < 1.29 is 80.2 Å². The van der Waals surface area contributed by atoms with Crippen LogP contribution in [0.1, 0.15) is 375 Å². The van der Waals surface area contributed by atoms with Crippen LogP contribution in [-0.4, -0.2) is 96.7 Å². The smallest absolute Gasteiger partial charge is 0.462 e. The van der Waals surface area contributed by atoms with E-state index < -0.39 is 97.5 Å². The molecule has 0 aromatic carbocycles. The monoisotopic (exact) mass is 1340 g/mol. The molecule has 19 heteroatoms. The van der Waals surface area contributed by atoms with Crippen molar-refractivity contribution >= 4 is 39.5 Å². The van der Waals surface area contributed by atoms with Crippen molar-refractivity contribution in [2.24, 2.45) is 5.92 Å². The molecule has 0 aliphatic heterocycles. The Hall–Kier alpha value is -1.94. The minimum Gasteiger partial charge on any atom is -0.462 e. The first-order chi connectivity index (χ1) is 44.0. The molecule has 0 aliphatic carbocycles. The third-order valence-corrected chi connectivity index (χ3v) is 18.7. The van der Waals surface area contributed by atoms with E-state index in [0.29, 0.717) is 25.7 Å². The largest absolute Gasteiger partial charge is 0.472 e. The molecule has 5 atom stereocenters. The van der Waals surface area contributed by atoms with Crippen LogP contribution in [-0.2, 0) is 65.4 Å². The van der Waals surface area contributed by atoms with Gasteiger partial charge >= 0.3 is 39.5 Å². The van der Waals surface area contributed by atoms with Crippen LogP contribution in [0, 0.1) is 5.92 Å². The molecule has 0 rings (SSSR count). The van der Waals surface area contributed by atoms with Crippen molar-refractivity contribution in [2.45, 2.75) is 393 Å². The number of ether oxygens (including phenoxy) is 4. The molecular formula is C72H140O17P2. The number of carbonyl (C=O) groups excluding carboxylic acids is 4. The van der Waals surface area contributed by atoms with Gasteiger partial charge in [0, 0.05) is 25.7 Å². The number of phosphoric acid groups is 2. The van der Waals surface area contributed by atoms with E-state index in [4.69, 9.17) is 37.0 Å². The molecule has 0 spiro atoms. The number of aliphatic hydroxyl groups is 1. The summed E-state index contributed by atoms with van der Waals surface area (Å²) in [5.74, 6) is -1.33. The second-order valence-electron chi connectivity index (χ2n) is 26.5. The van der Waals surface area contributed by atoms with Crippen LogP contribution in [0.5, 0.6) is 0 Å². The summed E-state index contributed by atoms with van der Waals surface area (Å²) in [6.07, 6.45) is 52.7. The van der Waals surface area contributed by atoms with Crippen molar-refractivity contribution in [3.63, 3.8) is 0 Å². The van der Waals surface area contributed by atoms with Gasteiger partial charge in [-0.05, 0) is 31.6 Å². The standard InChI is InChI=1S/C72H140O17P2/c1-6-9-12-15-18-20-22-24-25-29-33-36-41-46-51-56-70(75)83-62-68(89-72(77)58-53-48-43-38-34-30-27-26-28-31-35-40-44-49-54-65(4)5)64-87-91(80,81)85-60-66(73)59-84-90(78,79)86-63-67(61-82-69(74)55-50-45-39-17-14-11-8-3)88-71(76)57-52-47-42-37-32-23-21-19-16-13-10-7-2/h65-68,73H,6-64H2,1-5H3,(H,78,79)(H,80,81)/t66-,67+,68+/m0/s1. The van der Waals surface area contributed by atoms with Crippen molar-refractivity contribution in [3.8, 4) is 0 Å². The topological polar surface area (TPSA) is 237 Å². The van der Waals surface area contributed by atoms with Crippen molar-refractivity contribution in [3.05, 3.63) is 0 Å². The van der Waals surface area contributed by atoms with Gasteiger partial charge in [0.1, 0.15) is 19.3 Å². The molecule has 0 radical (unpaired) electrons. The minimum atomic E-state index is -4.95. The van der Waals surface area contributed by atoms with Gasteiger partial charge in [-0.1, -0.05) is 324 Å². The maximum atomic E-state index is 13.0. The molecule has 540 valence electrons. The molecule has 0 saturated heterocycles. The molecule has 0 aromatic heterocycles. The predicted molar refractivity (Wildman–Crippen MR) is 368 cm³/mol. The Morgan fingerprint density at radius 3 is 0.747 bits per heavy atom. The summed E-state index contributed by atoms with van der Waals surface area (Å²) in [6, 6.07) is 0. The Morgan fingerprint density at radius 2 is 0.505 bits per heavy atom. The molecule has 0 aliphatic rings. The third-order valence-electron chi connectivity index (χ3n) is 16.8. The second kappa shape index (κ2) is 65.4. The van der Waals surface area contributed by atoms with Crippen LogP contribution in [0.4, 0.5) is 0 Å². The van der Waals surface area contributed by atoms with Gasteiger partial charge in [0.2, 0.25) is 0 Å². The first kappa shape index (κ1) is 89.1. The molecule has 0 fully saturated rings. The van der Waals surface area contributed by atoms with Gasteiger partial charge < -0.3 is 33.8 Å². The molecule has 3 N–H and O–H groups in total. The Bertz CT molecular complexity index is 1750. The summed E-state index contributed by atoms with van der Waals surface area (Å²) >= 11 is 0. The summed E-state index contributed by atoms with van der Waals surface area (Å²) in [4.78, 5) is 72.5. The summed E-state index contributed by atoms with van der Waals surface area (Å²) in [5.41, 5.74) is 0. The maximum absolute atomic E-state index is 13.0. The normalized spacial score (nSPS) is 14.0. The molecule has 0 saturated carbocycles. The lowest BCUT2D eigenvalue weighted by molar-refractivity contribution is -0.161. The van der Waals surface area contributed by atoms with E-state index in [9.17, 15) is 43.2 Å². The molecule has 0 heterocycles. The van der Waals surface area contributed by atoms with Gasteiger partial charge in [-0.15, -0.1) is 0 Å². The molecule has 0 aromatic rings. The number of phosphoric ester groups is 2. The van der Waals surface area contributed by atoms with Gasteiger partial charge in [0.05, 0.1) is 26.4 Å². The highest BCUT2D eigenvalue weighted by Crippen LogP contribution is 2.45. The van der Waals surface area contributed by atoms with E-state index in [-0.39, 0.29) is 25.7 Å². The number of carbonyl (C=O) groups is 4. The van der Waals surface area contributed by atoms with E-state index >= 15 is 0 Å². The Kier molecular flexibility index (Phi) is 64.0. The highest BCUT2D eigenvalue weighted by molar-refractivity contribution is 7.47. The number of rotatable bonds is 72. The third kappa shape index (κ3) is 66.5. The van der Waals surface area contributed by atoms with Gasteiger partial charge in [-0.25, -0.2) is 9.13 Å². The zero-order valence-electron chi connectivity index (χ0n) is 59.0. The Labute approximate surface area is 556 Å². The van der Waals surface area contributed by atoms with E-state index in [1.165, 1.54) is 186 Å². The molecule has 0 bridgehead atoms. The van der Waals surface area contributed by atoms with Gasteiger partial charge in [0.15, 0.2) is 12.2 Å². The van der Waals surface area contributed by atoms with Crippen LogP contribution in [0.2, 0.25) is 0 Å². The number of unbranched alkanes of at least 4 members (excludes halogenated alkanes) is 44. The van der Waals surface area contributed by atoms with Crippen LogP contribution >= 0.6 is 15.6 Å². The maximum Gasteiger partial charge on any atom is 0.472 e. The number of aliphatic hydroxyl groups excluding tert-OH is 1. The fourth-order valence-electron chi connectivity index (χ4n) is 11.0. The Balaban J connectivity index is 5.20. The predicted octanol–water partition coefficient (Wildman–Crippen LogP) is 20.9. The summed E-state index contributed by atoms with van der Waals surface area (Å²) in [7, 11) is -9.90. The fraction of sp³-hybridized carbons (Fsp3) is 0.944. The first-order valence-corrected chi connectivity index (χ1v) is 40.6. The zero-order chi connectivity index (χ0) is 67.0. The van der Waals surface area contributed by atoms with Crippen molar-refractivity contribution in [1.82, 2.24) is 0 Å².